The van der Waals surface area contributed by atoms with Gasteiger partial charge in [0.25, 0.3) is 10.0 Å². The highest BCUT2D eigenvalue weighted by Crippen LogP contribution is 2.22. The first-order chi connectivity index (χ1) is 11.8. The SMILES string of the molecule is CN(c1ccccc1)S(=O)(=O)c1ccc(NC(=O)/C=C/C(=O)O)cc1. The van der Waals surface area contributed by atoms with Gasteiger partial charge in [-0.3, -0.25) is 9.10 Å². The highest BCUT2D eigenvalue weighted by molar-refractivity contribution is 7.92. The van der Waals surface area contributed by atoms with Crippen molar-refractivity contribution in [1.29, 1.82) is 0 Å². The molecule has 130 valence electrons. The van der Waals surface area contributed by atoms with Gasteiger partial charge in [-0.25, -0.2) is 13.2 Å². The van der Waals surface area contributed by atoms with Crippen LogP contribution in [0.1, 0.15) is 0 Å². The Hall–Kier alpha value is -3.13. The molecule has 0 radical (unpaired) electrons. The number of hydrogen-bond acceptors (Lipinski definition) is 4. The molecule has 0 bridgehead atoms. The van der Waals surface area contributed by atoms with E-state index < -0.39 is 21.9 Å². The Labute approximate surface area is 145 Å². The number of carbonyl (C=O) groups is 2. The average Bonchev–Trinajstić information content (AvgIpc) is 2.60. The summed E-state index contributed by atoms with van der Waals surface area (Å²) in [5.74, 6) is -1.86. The molecule has 0 aliphatic rings. The van der Waals surface area contributed by atoms with Crippen molar-refractivity contribution in [3.05, 3.63) is 66.7 Å². The smallest absolute Gasteiger partial charge is 0.328 e. The maximum atomic E-state index is 12.6. The van der Waals surface area contributed by atoms with E-state index in [4.69, 9.17) is 5.11 Å². The molecule has 2 rings (SSSR count). The van der Waals surface area contributed by atoms with Crippen molar-refractivity contribution in [2.45, 2.75) is 4.90 Å². The number of amides is 1. The van der Waals surface area contributed by atoms with E-state index in [1.54, 1.807) is 30.3 Å². The molecule has 8 heteroatoms. The largest absolute Gasteiger partial charge is 0.478 e. The Morgan fingerprint density at radius 1 is 1.00 bits per heavy atom. The minimum atomic E-state index is -3.73. The summed E-state index contributed by atoms with van der Waals surface area (Å²) >= 11 is 0. The van der Waals surface area contributed by atoms with E-state index in [0.29, 0.717) is 17.5 Å². The van der Waals surface area contributed by atoms with Gasteiger partial charge in [-0.1, -0.05) is 18.2 Å². The molecule has 0 fully saturated rings. The van der Waals surface area contributed by atoms with Gasteiger partial charge in [0, 0.05) is 24.9 Å². The third-order valence-electron chi connectivity index (χ3n) is 3.28. The third-order valence-corrected chi connectivity index (χ3v) is 5.08. The van der Waals surface area contributed by atoms with Gasteiger partial charge in [0.05, 0.1) is 10.6 Å². The van der Waals surface area contributed by atoms with Crippen molar-refractivity contribution in [2.24, 2.45) is 0 Å². The highest BCUT2D eigenvalue weighted by Gasteiger charge is 2.20. The average molecular weight is 360 g/mol. The minimum Gasteiger partial charge on any atom is -0.478 e. The number of rotatable bonds is 6. The second-order valence-corrected chi connectivity index (χ2v) is 6.96. The van der Waals surface area contributed by atoms with Crippen LogP contribution >= 0.6 is 0 Å². The van der Waals surface area contributed by atoms with Crippen LogP contribution in [0.4, 0.5) is 11.4 Å². The van der Waals surface area contributed by atoms with Gasteiger partial charge in [-0.05, 0) is 36.4 Å². The summed E-state index contributed by atoms with van der Waals surface area (Å²) in [6.45, 7) is 0. The van der Waals surface area contributed by atoms with E-state index in [-0.39, 0.29) is 4.90 Å². The lowest BCUT2D eigenvalue weighted by Crippen LogP contribution is -2.26. The molecule has 0 aliphatic carbocycles. The lowest BCUT2D eigenvalue weighted by molar-refractivity contribution is -0.131. The zero-order valence-corrected chi connectivity index (χ0v) is 14.1. The van der Waals surface area contributed by atoms with E-state index in [1.807, 2.05) is 0 Å². The van der Waals surface area contributed by atoms with Gasteiger partial charge >= 0.3 is 5.97 Å². The van der Waals surface area contributed by atoms with Crippen molar-refractivity contribution in [2.75, 3.05) is 16.7 Å². The number of para-hydroxylation sites is 1. The topological polar surface area (TPSA) is 104 Å². The molecule has 2 aromatic carbocycles. The summed E-state index contributed by atoms with van der Waals surface area (Å²) in [7, 11) is -2.27. The minimum absolute atomic E-state index is 0.0675. The van der Waals surface area contributed by atoms with Gasteiger partial charge in [-0.2, -0.15) is 0 Å². The number of aliphatic carboxylic acids is 1. The molecule has 25 heavy (non-hydrogen) atoms. The van der Waals surface area contributed by atoms with Crippen LogP contribution in [-0.4, -0.2) is 32.4 Å². The predicted octanol–water partition coefficient (Wildman–Crippen LogP) is 2.09. The maximum absolute atomic E-state index is 12.6. The summed E-state index contributed by atoms with van der Waals surface area (Å²) in [4.78, 5) is 21.9. The first kappa shape index (κ1) is 18.2. The normalized spacial score (nSPS) is 11.2. The number of nitrogens with zero attached hydrogens (tertiary/aromatic N) is 1. The van der Waals surface area contributed by atoms with Crippen molar-refractivity contribution in [3.8, 4) is 0 Å². The third kappa shape index (κ3) is 4.67. The Kier molecular flexibility index (Phi) is 5.56. The van der Waals surface area contributed by atoms with E-state index in [0.717, 1.165) is 10.4 Å². The molecular weight excluding hydrogens is 344 g/mol. The molecule has 7 nitrogen and oxygen atoms in total. The summed E-state index contributed by atoms with van der Waals surface area (Å²) in [6, 6.07) is 14.2. The van der Waals surface area contributed by atoms with Gasteiger partial charge in [0.15, 0.2) is 0 Å². The number of carboxylic acids is 1. The molecule has 0 spiro atoms. The number of hydrogen-bond donors (Lipinski definition) is 2. The molecule has 2 N–H and O–H groups in total. The van der Waals surface area contributed by atoms with Gasteiger partial charge in [-0.15, -0.1) is 0 Å². The first-order valence-corrected chi connectivity index (χ1v) is 8.61. The Morgan fingerprint density at radius 3 is 2.16 bits per heavy atom. The van der Waals surface area contributed by atoms with E-state index in [1.165, 1.54) is 31.3 Å². The lowest BCUT2D eigenvalue weighted by atomic mass is 10.3. The molecule has 1 amide bonds. The van der Waals surface area contributed by atoms with E-state index in [2.05, 4.69) is 5.32 Å². The van der Waals surface area contributed by atoms with Crippen LogP contribution in [-0.2, 0) is 19.6 Å². The second-order valence-electron chi connectivity index (χ2n) is 4.99. The number of carboxylic acid groups (broad SMARTS) is 1. The molecule has 0 atom stereocenters. The van der Waals surface area contributed by atoms with Crippen molar-refractivity contribution >= 4 is 33.3 Å². The monoisotopic (exact) mass is 360 g/mol. The van der Waals surface area contributed by atoms with Crippen LogP contribution in [0, 0.1) is 0 Å². The Balaban J connectivity index is 2.16. The quantitative estimate of drug-likeness (QED) is 0.768. The van der Waals surface area contributed by atoms with Crippen LogP contribution in [0.2, 0.25) is 0 Å². The van der Waals surface area contributed by atoms with Crippen LogP contribution in [0.5, 0.6) is 0 Å². The fourth-order valence-corrected chi connectivity index (χ4v) is 3.17. The van der Waals surface area contributed by atoms with Gasteiger partial charge in [0.1, 0.15) is 0 Å². The van der Waals surface area contributed by atoms with E-state index >= 15 is 0 Å². The number of benzene rings is 2. The molecule has 0 saturated heterocycles. The van der Waals surface area contributed by atoms with Crippen LogP contribution in [0.25, 0.3) is 0 Å². The fraction of sp³-hybridized carbons (Fsp3) is 0.0588. The van der Waals surface area contributed by atoms with Crippen molar-refractivity contribution in [1.82, 2.24) is 0 Å². The predicted molar refractivity (Wildman–Crippen MR) is 93.9 cm³/mol. The van der Waals surface area contributed by atoms with Crippen molar-refractivity contribution in [3.63, 3.8) is 0 Å². The standard InChI is InChI=1S/C17H16N2O5S/c1-19(14-5-3-2-4-6-14)25(23,24)15-9-7-13(8-10-15)18-16(20)11-12-17(21)22/h2-12H,1H3,(H,18,20)(H,21,22)/b12-11+. The lowest BCUT2D eigenvalue weighted by Gasteiger charge is -2.19. The van der Waals surface area contributed by atoms with Gasteiger partial charge < -0.3 is 10.4 Å². The molecule has 0 unspecified atom stereocenters. The Morgan fingerprint density at radius 2 is 1.60 bits per heavy atom. The van der Waals surface area contributed by atoms with Crippen LogP contribution in [0.15, 0.2) is 71.6 Å². The van der Waals surface area contributed by atoms with Crippen LogP contribution < -0.4 is 9.62 Å². The molecule has 2 aromatic rings. The zero-order valence-electron chi connectivity index (χ0n) is 13.3. The number of carbonyl (C=O) groups excluding carboxylic acids is 1. The maximum Gasteiger partial charge on any atom is 0.328 e. The summed E-state index contributed by atoms with van der Waals surface area (Å²) in [6.07, 6.45) is 1.58. The summed E-state index contributed by atoms with van der Waals surface area (Å²) < 4.78 is 26.4. The molecule has 0 aromatic heterocycles. The molecule has 0 saturated carbocycles. The molecule has 0 aliphatic heterocycles. The second kappa shape index (κ2) is 7.63. The highest BCUT2D eigenvalue weighted by atomic mass is 32.2. The first-order valence-electron chi connectivity index (χ1n) is 7.17. The fourth-order valence-electron chi connectivity index (χ4n) is 1.98. The van der Waals surface area contributed by atoms with Gasteiger partial charge in [0.2, 0.25) is 5.91 Å². The van der Waals surface area contributed by atoms with E-state index in [9.17, 15) is 18.0 Å². The van der Waals surface area contributed by atoms with Crippen LogP contribution in [0.3, 0.4) is 0 Å². The number of sulfonamides is 1. The Bertz CT molecular complexity index is 890. The number of nitrogens with one attached hydrogen (secondary N) is 1. The number of anilines is 2. The van der Waals surface area contributed by atoms with Crippen molar-refractivity contribution < 1.29 is 23.1 Å². The summed E-state index contributed by atoms with van der Waals surface area (Å²) in [5, 5.41) is 10.9. The molecular formula is C17H16N2O5S. The summed E-state index contributed by atoms with van der Waals surface area (Å²) in [5.41, 5.74) is 0.875. The molecule has 0 heterocycles. The zero-order chi connectivity index (χ0) is 18.4.